The smallest absolute Gasteiger partial charge is 0.182 e. The van der Waals surface area contributed by atoms with Crippen molar-refractivity contribution in [2.45, 2.75) is 44.2 Å². The van der Waals surface area contributed by atoms with Gasteiger partial charge >= 0.3 is 0 Å². The zero-order chi connectivity index (χ0) is 12.2. The molecular weight excluding hydrogens is 230 g/mol. The third-order valence-electron chi connectivity index (χ3n) is 3.13. The fourth-order valence-electron chi connectivity index (χ4n) is 1.96. The molecule has 0 fully saturated rings. The molecule has 0 spiro atoms. The predicted molar refractivity (Wildman–Crippen MR) is 76.6 cm³/mol. The van der Waals surface area contributed by atoms with E-state index in [9.17, 15) is 4.80 Å². The number of hydrogen-bond acceptors (Lipinski definition) is 2. The molecule has 0 aromatic rings. The van der Waals surface area contributed by atoms with E-state index in [1.54, 1.807) is 0 Å². The van der Waals surface area contributed by atoms with Gasteiger partial charge in [-0.3, -0.25) is 0 Å². The van der Waals surface area contributed by atoms with Crippen molar-refractivity contribution >= 4 is 16.6 Å². The zero-order valence-corrected chi connectivity index (χ0v) is 13.0. The van der Waals surface area contributed by atoms with Crippen molar-refractivity contribution in [1.82, 2.24) is 4.98 Å². The summed E-state index contributed by atoms with van der Waals surface area (Å²) in [6.07, 6.45) is 9.98. The van der Waals surface area contributed by atoms with Gasteiger partial charge in [-0.1, -0.05) is 37.4 Å². The first-order valence-electron chi connectivity index (χ1n) is 6.14. The third-order valence-corrected chi connectivity index (χ3v) is 7.92. The topological polar surface area (TPSA) is 32.3 Å². The van der Waals surface area contributed by atoms with Crippen LogP contribution in [0.5, 0.6) is 0 Å². The van der Waals surface area contributed by atoms with E-state index < -0.39 is 16.6 Å². The van der Waals surface area contributed by atoms with E-state index in [1.807, 2.05) is 13.1 Å². The zero-order valence-electron chi connectivity index (χ0n) is 11.0. The van der Waals surface area contributed by atoms with Gasteiger partial charge < -0.3 is 9.78 Å². The molecule has 0 saturated carbocycles. The summed E-state index contributed by atoms with van der Waals surface area (Å²) < 4.78 is 0. The first-order valence-corrected chi connectivity index (χ1v) is 12.4. The maximum atomic E-state index is 9.76. The molecule has 92 valence electrons. The standard InChI is InChI=1S/C12H25NOSi2/c1-15(2,14)11-7-10-13-16(3,4)12-8-5-6-9-12/h5-6,8-9,12-14H,7,10-11H2,1-4H3. The molecule has 0 heterocycles. The van der Waals surface area contributed by atoms with Gasteiger partial charge in [0.25, 0.3) is 0 Å². The Morgan fingerprint density at radius 2 is 1.69 bits per heavy atom. The molecule has 1 aliphatic rings. The maximum Gasteiger partial charge on any atom is 0.182 e. The first kappa shape index (κ1) is 13.9. The van der Waals surface area contributed by atoms with Gasteiger partial charge in [-0.25, -0.2) is 0 Å². The summed E-state index contributed by atoms with van der Waals surface area (Å²) in [5.41, 5.74) is 0.631. The minimum absolute atomic E-state index is 0.631. The number of rotatable bonds is 6. The summed E-state index contributed by atoms with van der Waals surface area (Å²) in [5.74, 6) is 0. The number of allylic oxidation sites excluding steroid dienone is 4. The quantitative estimate of drug-likeness (QED) is 0.565. The molecule has 0 amide bonds. The van der Waals surface area contributed by atoms with Gasteiger partial charge in [0, 0.05) is 5.54 Å². The van der Waals surface area contributed by atoms with Gasteiger partial charge in [-0.15, -0.1) is 0 Å². The Balaban J connectivity index is 2.26. The van der Waals surface area contributed by atoms with Gasteiger partial charge in [-0.05, 0) is 32.1 Å². The van der Waals surface area contributed by atoms with E-state index in [4.69, 9.17) is 0 Å². The molecule has 0 bridgehead atoms. The summed E-state index contributed by atoms with van der Waals surface area (Å²) in [6, 6.07) is 1.00. The summed E-state index contributed by atoms with van der Waals surface area (Å²) in [6.45, 7) is 9.82. The van der Waals surface area contributed by atoms with E-state index in [1.165, 1.54) is 0 Å². The molecule has 2 N–H and O–H groups in total. The minimum atomic E-state index is -1.84. The summed E-state index contributed by atoms with van der Waals surface area (Å²) in [5, 5.41) is 0. The van der Waals surface area contributed by atoms with E-state index in [-0.39, 0.29) is 0 Å². The minimum Gasteiger partial charge on any atom is -0.432 e. The number of hydrogen-bond donors (Lipinski definition) is 2. The van der Waals surface area contributed by atoms with Gasteiger partial charge in [-0.2, -0.15) is 0 Å². The highest BCUT2D eigenvalue weighted by Gasteiger charge is 2.29. The lowest BCUT2D eigenvalue weighted by molar-refractivity contribution is 0.543. The van der Waals surface area contributed by atoms with E-state index in [2.05, 4.69) is 42.4 Å². The predicted octanol–water partition coefficient (Wildman–Crippen LogP) is 2.86. The molecule has 0 aliphatic heterocycles. The summed E-state index contributed by atoms with van der Waals surface area (Å²) >= 11 is 0. The highest BCUT2D eigenvalue weighted by atomic mass is 28.4. The van der Waals surface area contributed by atoms with Crippen LogP contribution in [0.15, 0.2) is 24.3 Å². The average Bonchev–Trinajstić information content (AvgIpc) is 2.64. The summed E-state index contributed by atoms with van der Waals surface area (Å²) in [7, 11) is -3.19. The lowest BCUT2D eigenvalue weighted by Gasteiger charge is -2.28. The van der Waals surface area contributed by atoms with Crippen molar-refractivity contribution in [3.63, 3.8) is 0 Å². The Kier molecular flexibility index (Phi) is 4.73. The fourth-order valence-corrected chi connectivity index (χ4v) is 5.25. The highest BCUT2D eigenvalue weighted by Crippen LogP contribution is 2.26. The Labute approximate surface area is 102 Å². The second kappa shape index (κ2) is 5.44. The van der Waals surface area contributed by atoms with E-state index in [0.717, 1.165) is 19.0 Å². The van der Waals surface area contributed by atoms with Crippen molar-refractivity contribution in [2.75, 3.05) is 6.54 Å². The molecule has 16 heavy (non-hydrogen) atoms. The van der Waals surface area contributed by atoms with E-state index in [0.29, 0.717) is 5.54 Å². The largest absolute Gasteiger partial charge is 0.432 e. The van der Waals surface area contributed by atoms with Crippen LogP contribution in [0, 0.1) is 0 Å². The monoisotopic (exact) mass is 255 g/mol. The molecule has 0 atom stereocenters. The Bertz CT molecular complexity index is 267. The van der Waals surface area contributed by atoms with Crippen LogP contribution < -0.4 is 4.98 Å². The van der Waals surface area contributed by atoms with Gasteiger partial charge in [0.15, 0.2) is 8.32 Å². The fraction of sp³-hybridized carbons (Fsp3) is 0.667. The molecule has 0 saturated heterocycles. The van der Waals surface area contributed by atoms with Crippen molar-refractivity contribution in [1.29, 1.82) is 0 Å². The van der Waals surface area contributed by atoms with Crippen LogP contribution in [-0.2, 0) is 0 Å². The van der Waals surface area contributed by atoms with E-state index >= 15 is 0 Å². The second-order valence-electron chi connectivity index (χ2n) is 5.86. The number of nitrogens with one attached hydrogen (secondary N) is 1. The Hall–Kier alpha value is -0.166. The molecular formula is C12H25NOSi2. The van der Waals surface area contributed by atoms with Crippen LogP contribution in [0.2, 0.25) is 37.8 Å². The van der Waals surface area contributed by atoms with Crippen LogP contribution in [-0.4, -0.2) is 27.9 Å². The second-order valence-corrected chi connectivity index (χ2v) is 14.4. The molecule has 2 nitrogen and oxygen atoms in total. The molecule has 0 aromatic carbocycles. The Morgan fingerprint density at radius 3 is 2.19 bits per heavy atom. The lowest BCUT2D eigenvalue weighted by atomic mass is 10.5. The summed E-state index contributed by atoms with van der Waals surface area (Å²) in [4.78, 5) is 13.5. The highest BCUT2D eigenvalue weighted by molar-refractivity contribution is 6.77. The molecule has 0 radical (unpaired) electrons. The molecule has 0 aromatic heterocycles. The van der Waals surface area contributed by atoms with Crippen molar-refractivity contribution in [3.8, 4) is 0 Å². The van der Waals surface area contributed by atoms with Crippen LogP contribution in [0.3, 0.4) is 0 Å². The van der Waals surface area contributed by atoms with Crippen LogP contribution in [0.1, 0.15) is 6.42 Å². The lowest BCUT2D eigenvalue weighted by Crippen LogP contribution is -2.48. The van der Waals surface area contributed by atoms with Crippen molar-refractivity contribution in [2.24, 2.45) is 0 Å². The van der Waals surface area contributed by atoms with Crippen molar-refractivity contribution in [3.05, 3.63) is 24.3 Å². The third kappa shape index (κ3) is 4.78. The van der Waals surface area contributed by atoms with Gasteiger partial charge in [0.1, 0.15) is 8.24 Å². The van der Waals surface area contributed by atoms with Crippen molar-refractivity contribution < 1.29 is 4.80 Å². The molecule has 1 aliphatic carbocycles. The Morgan fingerprint density at radius 1 is 1.12 bits per heavy atom. The first-order chi connectivity index (χ1) is 7.31. The van der Waals surface area contributed by atoms with Crippen LogP contribution >= 0.6 is 0 Å². The SMILES string of the molecule is C[Si](C)(O)CCCN[Si](C)(C)C1C=CC=C1. The maximum absolute atomic E-state index is 9.76. The average molecular weight is 256 g/mol. The molecule has 1 rings (SSSR count). The molecule has 4 heteroatoms. The van der Waals surface area contributed by atoms with Gasteiger partial charge in [0.2, 0.25) is 0 Å². The van der Waals surface area contributed by atoms with Crippen LogP contribution in [0.25, 0.3) is 0 Å². The molecule has 0 unspecified atom stereocenters. The normalized spacial score (nSPS) is 17.3. The van der Waals surface area contributed by atoms with Gasteiger partial charge in [0.05, 0.1) is 0 Å². The van der Waals surface area contributed by atoms with Crippen LogP contribution in [0.4, 0.5) is 0 Å².